The third kappa shape index (κ3) is 1.28. The summed E-state index contributed by atoms with van der Waals surface area (Å²) in [6, 6.07) is 1.59. The Kier molecular flexibility index (Phi) is 1.93. The van der Waals surface area contributed by atoms with Gasteiger partial charge in [0, 0.05) is 0 Å². The van der Waals surface area contributed by atoms with Crippen LogP contribution in [0.1, 0.15) is 11.4 Å². The van der Waals surface area contributed by atoms with Crippen LogP contribution >= 0.6 is 23.2 Å². The van der Waals surface area contributed by atoms with Crippen LogP contribution in [0.4, 0.5) is 0 Å². The molecule has 0 aliphatic rings. The second-order valence-electron chi connectivity index (χ2n) is 2.83. The van der Waals surface area contributed by atoms with Gasteiger partial charge in [-0.25, -0.2) is 9.50 Å². The Morgan fingerprint density at radius 3 is 2.69 bits per heavy atom. The third-order valence-electron chi connectivity index (χ3n) is 1.97. The lowest BCUT2D eigenvalue weighted by atomic mass is 10.4. The standard InChI is InChI=1S/C8H7Cl2N3/c1-4-5(2)13-8(11-4)6(9)3-7(10)12-13/h3H,1-2H3. The first kappa shape index (κ1) is 8.78. The number of imidazole rings is 1. The largest absolute Gasteiger partial charge is 0.231 e. The summed E-state index contributed by atoms with van der Waals surface area (Å²) in [5.41, 5.74) is 2.53. The Labute approximate surface area is 85.3 Å². The Morgan fingerprint density at radius 2 is 2.00 bits per heavy atom. The van der Waals surface area contributed by atoms with Crippen LogP contribution in [0.15, 0.2) is 6.07 Å². The first-order valence-corrected chi connectivity index (χ1v) is 4.53. The molecule has 0 aromatic carbocycles. The van der Waals surface area contributed by atoms with E-state index in [1.54, 1.807) is 10.6 Å². The highest BCUT2D eigenvalue weighted by Gasteiger charge is 2.09. The van der Waals surface area contributed by atoms with E-state index < -0.39 is 0 Å². The molecule has 0 fully saturated rings. The van der Waals surface area contributed by atoms with Gasteiger partial charge in [-0.1, -0.05) is 23.2 Å². The number of rotatable bonds is 0. The number of nitrogens with zero attached hydrogens (tertiary/aromatic N) is 3. The van der Waals surface area contributed by atoms with Gasteiger partial charge < -0.3 is 0 Å². The predicted octanol–water partition coefficient (Wildman–Crippen LogP) is 2.65. The van der Waals surface area contributed by atoms with E-state index >= 15 is 0 Å². The third-order valence-corrected chi connectivity index (χ3v) is 2.43. The molecule has 0 atom stereocenters. The molecule has 5 heteroatoms. The second kappa shape index (κ2) is 2.86. The van der Waals surface area contributed by atoms with Gasteiger partial charge in [0.1, 0.15) is 0 Å². The zero-order valence-corrected chi connectivity index (χ0v) is 8.69. The Bertz CT molecular complexity index is 476. The van der Waals surface area contributed by atoms with E-state index in [0.29, 0.717) is 15.8 Å². The van der Waals surface area contributed by atoms with Crippen molar-refractivity contribution in [2.75, 3.05) is 0 Å². The van der Waals surface area contributed by atoms with E-state index in [1.165, 1.54) is 0 Å². The summed E-state index contributed by atoms with van der Waals surface area (Å²) in [6.45, 7) is 3.84. The number of hydrogen-bond donors (Lipinski definition) is 0. The summed E-state index contributed by atoms with van der Waals surface area (Å²) in [5.74, 6) is 0. The van der Waals surface area contributed by atoms with Crippen molar-refractivity contribution in [3.63, 3.8) is 0 Å². The van der Waals surface area contributed by atoms with Crippen LogP contribution in [-0.2, 0) is 0 Å². The van der Waals surface area contributed by atoms with E-state index in [0.717, 1.165) is 11.4 Å². The number of hydrogen-bond acceptors (Lipinski definition) is 2. The van der Waals surface area contributed by atoms with Gasteiger partial charge in [-0.05, 0) is 19.9 Å². The average Bonchev–Trinajstić information content (AvgIpc) is 2.32. The van der Waals surface area contributed by atoms with E-state index in [9.17, 15) is 0 Å². The molecule has 0 saturated carbocycles. The maximum Gasteiger partial charge on any atom is 0.172 e. The minimum absolute atomic E-state index is 0.373. The van der Waals surface area contributed by atoms with Gasteiger partial charge in [0.05, 0.1) is 16.4 Å². The molecule has 68 valence electrons. The number of aryl methyl sites for hydroxylation is 2. The first-order chi connectivity index (χ1) is 6.09. The summed E-state index contributed by atoms with van der Waals surface area (Å²) < 4.78 is 1.65. The molecule has 0 aliphatic heterocycles. The maximum absolute atomic E-state index is 5.94. The predicted molar refractivity (Wildman–Crippen MR) is 52.5 cm³/mol. The molecular formula is C8H7Cl2N3. The molecule has 0 saturated heterocycles. The van der Waals surface area contributed by atoms with E-state index in [2.05, 4.69) is 10.1 Å². The normalized spacial score (nSPS) is 11.1. The molecular weight excluding hydrogens is 209 g/mol. The van der Waals surface area contributed by atoms with Crippen LogP contribution in [0.3, 0.4) is 0 Å². The topological polar surface area (TPSA) is 30.2 Å². The van der Waals surface area contributed by atoms with Crippen molar-refractivity contribution in [1.82, 2.24) is 14.6 Å². The van der Waals surface area contributed by atoms with Crippen LogP contribution in [0.25, 0.3) is 5.65 Å². The number of aromatic nitrogens is 3. The highest BCUT2D eigenvalue weighted by Crippen LogP contribution is 2.21. The highest BCUT2D eigenvalue weighted by atomic mass is 35.5. The van der Waals surface area contributed by atoms with E-state index in [-0.39, 0.29) is 0 Å². The molecule has 2 aromatic rings. The van der Waals surface area contributed by atoms with Crippen molar-refractivity contribution in [3.05, 3.63) is 27.6 Å². The zero-order valence-electron chi connectivity index (χ0n) is 7.17. The van der Waals surface area contributed by atoms with Crippen LogP contribution in [0, 0.1) is 13.8 Å². The second-order valence-corrected chi connectivity index (χ2v) is 3.63. The van der Waals surface area contributed by atoms with E-state index in [4.69, 9.17) is 23.2 Å². The summed E-state index contributed by atoms with van der Waals surface area (Å²) in [7, 11) is 0. The Balaban J connectivity index is 2.94. The SMILES string of the molecule is Cc1nc2c(Cl)cc(Cl)nn2c1C. The summed E-state index contributed by atoms with van der Waals surface area (Å²) >= 11 is 11.7. The maximum atomic E-state index is 5.94. The van der Waals surface area contributed by atoms with Crippen molar-refractivity contribution in [3.8, 4) is 0 Å². The van der Waals surface area contributed by atoms with Gasteiger partial charge in [-0.3, -0.25) is 0 Å². The first-order valence-electron chi connectivity index (χ1n) is 3.77. The van der Waals surface area contributed by atoms with Crippen LogP contribution < -0.4 is 0 Å². The van der Waals surface area contributed by atoms with Crippen LogP contribution in [0.2, 0.25) is 10.2 Å². The molecule has 0 N–H and O–H groups in total. The molecule has 2 aromatic heterocycles. The summed E-state index contributed by atoms with van der Waals surface area (Å²) in [4.78, 5) is 4.26. The Morgan fingerprint density at radius 1 is 1.31 bits per heavy atom. The smallest absolute Gasteiger partial charge is 0.172 e. The molecule has 0 spiro atoms. The van der Waals surface area contributed by atoms with Crippen LogP contribution in [-0.4, -0.2) is 14.6 Å². The Hall–Kier alpha value is -0.800. The fraction of sp³-hybridized carbons (Fsp3) is 0.250. The minimum atomic E-state index is 0.373. The van der Waals surface area contributed by atoms with Gasteiger partial charge in [0.2, 0.25) is 0 Å². The molecule has 0 bridgehead atoms. The number of fused-ring (bicyclic) bond motifs is 1. The average molecular weight is 216 g/mol. The van der Waals surface area contributed by atoms with Crippen molar-refractivity contribution in [1.29, 1.82) is 0 Å². The van der Waals surface area contributed by atoms with Gasteiger partial charge >= 0.3 is 0 Å². The lowest BCUT2D eigenvalue weighted by Crippen LogP contribution is -1.94. The molecule has 3 nitrogen and oxygen atoms in total. The highest BCUT2D eigenvalue weighted by molar-refractivity contribution is 6.35. The van der Waals surface area contributed by atoms with Crippen molar-refractivity contribution >= 4 is 28.8 Å². The van der Waals surface area contributed by atoms with E-state index in [1.807, 2.05) is 13.8 Å². The molecule has 2 rings (SSSR count). The van der Waals surface area contributed by atoms with Gasteiger partial charge in [0.25, 0.3) is 0 Å². The summed E-state index contributed by atoms with van der Waals surface area (Å²) in [6.07, 6.45) is 0. The fourth-order valence-electron chi connectivity index (χ4n) is 1.17. The molecule has 0 amide bonds. The van der Waals surface area contributed by atoms with Gasteiger partial charge in [0.15, 0.2) is 10.8 Å². The molecule has 0 radical (unpaired) electrons. The fourth-order valence-corrected chi connectivity index (χ4v) is 1.64. The molecule has 13 heavy (non-hydrogen) atoms. The summed E-state index contributed by atoms with van der Waals surface area (Å²) in [5, 5.41) is 4.99. The monoisotopic (exact) mass is 215 g/mol. The zero-order chi connectivity index (χ0) is 9.59. The molecule has 0 unspecified atom stereocenters. The van der Waals surface area contributed by atoms with Crippen molar-refractivity contribution in [2.24, 2.45) is 0 Å². The van der Waals surface area contributed by atoms with Gasteiger partial charge in [-0.15, -0.1) is 0 Å². The van der Waals surface area contributed by atoms with Crippen molar-refractivity contribution in [2.45, 2.75) is 13.8 Å². The molecule has 2 heterocycles. The minimum Gasteiger partial charge on any atom is -0.231 e. The lowest BCUT2D eigenvalue weighted by molar-refractivity contribution is 0.896. The van der Waals surface area contributed by atoms with Crippen LogP contribution in [0.5, 0.6) is 0 Å². The quantitative estimate of drug-likeness (QED) is 0.677. The lowest BCUT2D eigenvalue weighted by Gasteiger charge is -1.97. The van der Waals surface area contributed by atoms with Gasteiger partial charge in [-0.2, -0.15) is 5.10 Å². The number of halogens is 2. The van der Waals surface area contributed by atoms with Crippen molar-refractivity contribution < 1.29 is 0 Å². The molecule has 0 aliphatic carbocycles.